The first kappa shape index (κ1) is 13.4. The summed E-state index contributed by atoms with van der Waals surface area (Å²) in [6.07, 6.45) is 0.796. The fraction of sp³-hybridized carbons (Fsp3) is 0.909. The second-order valence-electron chi connectivity index (χ2n) is 4.94. The third-order valence-corrected chi connectivity index (χ3v) is 2.55. The lowest BCUT2D eigenvalue weighted by Crippen LogP contribution is -2.34. The highest BCUT2D eigenvalue weighted by molar-refractivity contribution is 5.71. The van der Waals surface area contributed by atoms with Gasteiger partial charge in [-0.2, -0.15) is 0 Å². The molecule has 0 amide bonds. The lowest BCUT2D eigenvalue weighted by Gasteiger charge is -2.31. The summed E-state index contributed by atoms with van der Waals surface area (Å²) in [7, 11) is 1.64. The van der Waals surface area contributed by atoms with E-state index in [0.29, 0.717) is 6.61 Å². The van der Waals surface area contributed by atoms with Gasteiger partial charge in [-0.25, -0.2) is 0 Å². The van der Waals surface area contributed by atoms with Crippen molar-refractivity contribution in [1.29, 1.82) is 0 Å². The molecule has 2 unspecified atom stereocenters. The Hall–Kier alpha value is -0.570. The van der Waals surface area contributed by atoms with Crippen molar-refractivity contribution in [2.24, 2.45) is 17.3 Å². The van der Waals surface area contributed by atoms with Crippen LogP contribution >= 0.6 is 0 Å². The summed E-state index contributed by atoms with van der Waals surface area (Å²) >= 11 is 0. The molecule has 0 saturated heterocycles. The summed E-state index contributed by atoms with van der Waals surface area (Å²) < 4.78 is 4.96. The van der Waals surface area contributed by atoms with Crippen LogP contribution in [-0.2, 0) is 9.53 Å². The molecule has 0 saturated carbocycles. The van der Waals surface area contributed by atoms with Crippen LogP contribution in [0.25, 0.3) is 0 Å². The van der Waals surface area contributed by atoms with Gasteiger partial charge in [0.2, 0.25) is 0 Å². The summed E-state index contributed by atoms with van der Waals surface area (Å²) in [4.78, 5) is 11.1. The lowest BCUT2D eigenvalue weighted by molar-refractivity contribution is -0.148. The van der Waals surface area contributed by atoms with E-state index >= 15 is 0 Å². The van der Waals surface area contributed by atoms with Gasteiger partial charge >= 0.3 is 5.97 Å². The average Bonchev–Trinajstić information content (AvgIpc) is 1.97. The van der Waals surface area contributed by atoms with E-state index in [9.17, 15) is 4.79 Å². The maximum atomic E-state index is 11.1. The molecule has 0 aromatic rings. The summed E-state index contributed by atoms with van der Waals surface area (Å²) in [6.45, 7) is 8.50. The maximum Gasteiger partial charge on any atom is 0.307 e. The Kier molecular flexibility index (Phi) is 5.13. The van der Waals surface area contributed by atoms with Crippen molar-refractivity contribution in [3.63, 3.8) is 0 Å². The Morgan fingerprint density at radius 3 is 2.21 bits per heavy atom. The zero-order valence-electron chi connectivity index (χ0n) is 9.83. The van der Waals surface area contributed by atoms with Crippen molar-refractivity contribution < 1.29 is 14.6 Å². The number of methoxy groups -OCH3 is 1. The van der Waals surface area contributed by atoms with Crippen LogP contribution in [0.5, 0.6) is 0 Å². The predicted octanol–water partition coefficient (Wildman–Crippen LogP) is 2.41. The van der Waals surface area contributed by atoms with Gasteiger partial charge in [0.15, 0.2) is 0 Å². The minimum absolute atomic E-state index is 0.146. The summed E-state index contributed by atoms with van der Waals surface area (Å²) in [5.41, 5.74) is -0.195. The van der Waals surface area contributed by atoms with E-state index in [-0.39, 0.29) is 17.3 Å². The van der Waals surface area contributed by atoms with Crippen molar-refractivity contribution >= 4 is 5.97 Å². The maximum absolute atomic E-state index is 11.1. The third kappa shape index (κ3) is 4.09. The van der Waals surface area contributed by atoms with Gasteiger partial charge in [0.05, 0.1) is 5.92 Å². The Labute approximate surface area is 86.5 Å². The summed E-state index contributed by atoms with van der Waals surface area (Å²) in [5, 5.41) is 9.14. The number of rotatable bonds is 5. The molecule has 0 fully saturated rings. The summed E-state index contributed by atoms with van der Waals surface area (Å²) in [5.74, 6) is -0.869. The molecule has 2 atom stereocenters. The molecule has 0 aromatic carbocycles. The van der Waals surface area contributed by atoms with E-state index in [2.05, 4.69) is 0 Å². The largest absolute Gasteiger partial charge is 0.481 e. The lowest BCUT2D eigenvalue weighted by atomic mass is 9.73. The number of carboxylic acids is 1. The third-order valence-electron chi connectivity index (χ3n) is 2.55. The minimum Gasteiger partial charge on any atom is -0.481 e. The number of hydrogen-bond acceptors (Lipinski definition) is 2. The Balaban J connectivity index is 4.42. The van der Waals surface area contributed by atoms with Crippen molar-refractivity contribution in [1.82, 2.24) is 0 Å². The van der Waals surface area contributed by atoms with Crippen molar-refractivity contribution in [2.75, 3.05) is 13.7 Å². The van der Waals surface area contributed by atoms with E-state index in [1.54, 1.807) is 7.11 Å². The fourth-order valence-electron chi connectivity index (χ4n) is 1.94. The topological polar surface area (TPSA) is 46.5 Å². The SMILES string of the molecule is COCCC(C)C(C(=O)O)C(C)(C)C. The number of hydrogen-bond donors (Lipinski definition) is 1. The predicted molar refractivity (Wildman–Crippen MR) is 56.2 cm³/mol. The van der Waals surface area contributed by atoms with Gasteiger partial charge in [0.25, 0.3) is 0 Å². The number of carboxylic acid groups (broad SMARTS) is 1. The molecule has 0 aliphatic carbocycles. The standard InChI is InChI=1S/C11H22O3/c1-8(6-7-14-5)9(10(12)13)11(2,3)4/h8-9H,6-7H2,1-5H3,(H,12,13). The number of ether oxygens (including phenoxy) is 1. The molecule has 0 bridgehead atoms. The fourth-order valence-corrected chi connectivity index (χ4v) is 1.94. The first-order valence-electron chi connectivity index (χ1n) is 5.02. The van der Waals surface area contributed by atoms with E-state index in [0.717, 1.165) is 6.42 Å². The number of carbonyl (C=O) groups is 1. The molecule has 3 nitrogen and oxygen atoms in total. The minimum atomic E-state index is -0.707. The molecule has 0 aliphatic rings. The molecule has 0 aromatic heterocycles. The van der Waals surface area contributed by atoms with Gasteiger partial charge in [-0.1, -0.05) is 27.7 Å². The first-order chi connectivity index (χ1) is 6.30. The van der Waals surface area contributed by atoms with Gasteiger partial charge < -0.3 is 9.84 Å². The van der Waals surface area contributed by atoms with Gasteiger partial charge in [-0.15, -0.1) is 0 Å². The molecule has 3 heteroatoms. The Morgan fingerprint density at radius 2 is 1.93 bits per heavy atom. The van der Waals surface area contributed by atoms with Crippen LogP contribution in [0.1, 0.15) is 34.1 Å². The highest BCUT2D eigenvalue weighted by atomic mass is 16.5. The highest BCUT2D eigenvalue weighted by Crippen LogP contribution is 2.33. The van der Waals surface area contributed by atoms with E-state index in [1.807, 2.05) is 27.7 Å². The van der Waals surface area contributed by atoms with E-state index < -0.39 is 5.97 Å². The molecule has 0 rings (SSSR count). The van der Waals surface area contributed by atoms with Crippen LogP contribution < -0.4 is 0 Å². The summed E-state index contributed by atoms with van der Waals surface area (Å²) in [6, 6.07) is 0. The molecule has 0 heterocycles. The zero-order valence-corrected chi connectivity index (χ0v) is 9.83. The second kappa shape index (κ2) is 5.35. The monoisotopic (exact) mass is 202 g/mol. The normalized spacial score (nSPS) is 16.4. The van der Waals surface area contributed by atoms with Crippen LogP contribution in [0.15, 0.2) is 0 Å². The van der Waals surface area contributed by atoms with Gasteiger partial charge in [0.1, 0.15) is 0 Å². The second-order valence-corrected chi connectivity index (χ2v) is 4.94. The molecule has 84 valence electrons. The van der Waals surface area contributed by atoms with Crippen molar-refractivity contribution in [3.8, 4) is 0 Å². The quantitative estimate of drug-likeness (QED) is 0.744. The van der Waals surface area contributed by atoms with Crippen LogP contribution in [0.4, 0.5) is 0 Å². The molecule has 1 N–H and O–H groups in total. The van der Waals surface area contributed by atoms with E-state index in [4.69, 9.17) is 9.84 Å². The smallest absolute Gasteiger partial charge is 0.307 e. The Morgan fingerprint density at radius 1 is 1.43 bits per heavy atom. The highest BCUT2D eigenvalue weighted by Gasteiger charge is 2.35. The molecular formula is C11H22O3. The van der Waals surface area contributed by atoms with Gasteiger partial charge in [-0.3, -0.25) is 4.79 Å². The van der Waals surface area contributed by atoms with Crippen LogP contribution in [0.3, 0.4) is 0 Å². The molecule has 0 aliphatic heterocycles. The zero-order chi connectivity index (χ0) is 11.4. The van der Waals surface area contributed by atoms with Gasteiger partial charge in [-0.05, 0) is 17.8 Å². The van der Waals surface area contributed by atoms with Crippen molar-refractivity contribution in [3.05, 3.63) is 0 Å². The molecule has 0 radical (unpaired) electrons. The first-order valence-corrected chi connectivity index (χ1v) is 5.02. The molecule has 14 heavy (non-hydrogen) atoms. The number of aliphatic carboxylic acids is 1. The average molecular weight is 202 g/mol. The molecular weight excluding hydrogens is 180 g/mol. The molecule has 0 spiro atoms. The van der Waals surface area contributed by atoms with Crippen LogP contribution in [0, 0.1) is 17.3 Å². The van der Waals surface area contributed by atoms with Gasteiger partial charge in [0, 0.05) is 13.7 Å². The van der Waals surface area contributed by atoms with Crippen LogP contribution in [0.2, 0.25) is 0 Å². The van der Waals surface area contributed by atoms with Crippen molar-refractivity contribution in [2.45, 2.75) is 34.1 Å². The Bertz CT molecular complexity index is 181. The van der Waals surface area contributed by atoms with E-state index in [1.165, 1.54) is 0 Å². The van der Waals surface area contributed by atoms with Crippen LogP contribution in [-0.4, -0.2) is 24.8 Å².